The van der Waals surface area contributed by atoms with Crippen LogP contribution in [0, 0.1) is 11.3 Å². The molecule has 1 heterocycles. The number of guanidine groups is 1. The van der Waals surface area contributed by atoms with Crippen LogP contribution in [0.1, 0.15) is 144 Å². The van der Waals surface area contributed by atoms with Gasteiger partial charge in [0.25, 0.3) is 0 Å². The van der Waals surface area contributed by atoms with Crippen LogP contribution >= 0.6 is 0 Å². The van der Waals surface area contributed by atoms with Crippen LogP contribution in [-0.2, 0) is 92.6 Å². The number of aromatic nitrogens is 1. The molecule has 0 radical (unpaired) electrons. The molecule has 30 heteroatoms. The fraction of sp³-hybridized carbons (Fsp3) is 0.324. The maximum atomic E-state index is 16.2. The number of hydrogen-bond donors (Lipinski definition) is 15. The van der Waals surface area contributed by atoms with E-state index in [-0.39, 0.29) is 50.5 Å². The van der Waals surface area contributed by atoms with E-state index < -0.39 is 174 Å². The Morgan fingerprint density at radius 2 is 0.795 bits per heavy atom. The van der Waals surface area contributed by atoms with E-state index in [9.17, 15) is 33.9 Å². The van der Waals surface area contributed by atoms with Crippen molar-refractivity contribution in [3.05, 3.63) is 323 Å². The van der Waals surface area contributed by atoms with Gasteiger partial charge in [-0.1, -0.05) is 275 Å². The molecule has 30 nitrogen and oxygen atoms in total. The molecule has 0 aliphatic carbocycles. The summed E-state index contributed by atoms with van der Waals surface area (Å²) in [5.41, 5.74) is 13.0. The Kier molecular flexibility index (Phi) is 35.1. The van der Waals surface area contributed by atoms with Crippen LogP contribution < -0.4 is 70.0 Å². The number of carbonyl (C=O) groups is 12. The van der Waals surface area contributed by atoms with Crippen molar-refractivity contribution in [2.45, 2.75) is 190 Å². The van der Waals surface area contributed by atoms with Crippen LogP contribution in [0.5, 0.6) is 0 Å². The Hall–Kier alpha value is -14.7. The van der Waals surface area contributed by atoms with Crippen LogP contribution in [0.15, 0.2) is 273 Å². The SMILES string of the molecule is CC(C)C[C@H](NC(=O)CNC(=O)[C@H](Cc1ccccc1)NC(=O)[C@@H](NC(=O)[C@H](CC(=O)NC(c1ccccc1)(c1ccccc1)c1ccccc1)NC(=O)[C@H](Cc1cn(C(=O)OC(C)(C)C)c2ccccc12)NC(=O)[C@@H](N)CC(=O)NC(c1ccccc1)(c1ccccc1)c1ccccc1)[C@@H](C)OC(C)(C)C)C(=O)N[C@@H](CCCNC(=N)N)C(=O)N[C@@H](Cc1ccccc1)C(=O)O. The van der Waals surface area contributed by atoms with Crippen molar-refractivity contribution in [1.29, 1.82) is 5.41 Å². The minimum Gasteiger partial charge on any atom is -0.480 e. The summed E-state index contributed by atoms with van der Waals surface area (Å²) in [7, 11) is 0. The number of carbonyl (C=O) groups excluding carboxylic acids is 11. The Morgan fingerprint density at radius 3 is 1.24 bits per heavy atom. The molecule has 132 heavy (non-hydrogen) atoms. The van der Waals surface area contributed by atoms with Crippen molar-refractivity contribution < 1.29 is 72.1 Å². The molecule has 0 bridgehead atoms. The van der Waals surface area contributed by atoms with Crippen molar-refractivity contribution in [3.8, 4) is 0 Å². The molecule has 1 aromatic heterocycles. The van der Waals surface area contributed by atoms with E-state index in [1.807, 2.05) is 146 Å². The minimum absolute atomic E-state index is 0.0108. The van der Waals surface area contributed by atoms with E-state index in [0.29, 0.717) is 61.0 Å². The first kappa shape index (κ1) is 99.5. The van der Waals surface area contributed by atoms with Gasteiger partial charge in [0.15, 0.2) is 5.96 Å². The summed E-state index contributed by atoms with van der Waals surface area (Å²) < 4.78 is 13.6. The smallest absolute Gasteiger partial charge is 0.419 e. The lowest BCUT2D eigenvalue weighted by Gasteiger charge is -2.37. The fourth-order valence-corrected chi connectivity index (χ4v) is 15.9. The van der Waals surface area contributed by atoms with Crippen molar-refractivity contribution in [2.24, 2.45) is 17.4 Å². The molecular formula is C102H119N15O15. The Labute approximate surface area is 768 Å². The lowest BCUT2D eigenvalue weighted by atomic mass is 9.77. The van der Waals surface area contributed by atoms with Crippen molar-refractivity contribution >= 4 is 88.0 Å². The zero-order valence-corrected chi connectivity index (χ0v) is 75.6. The summed E-state index contributed by atoms with van der Waals surface area (Å²) in [6, 6.07) is 65.8. The number of amides is 10. The number of fused-ring (bicyclic) bond motifs is 1. The van der Waals surface area contributed by atoms with Gasteiger partial charge in [0.2, 0.25) is 59.1 Å². The normalized spacial score (nSPS) is 13.7. The Bertz CT molecular complexity index is 5400. The molecule has 0 saturated heterocycles. The molecule has 10 aromatic rings. The Morgan fingerprint density at radius 1 is 0.409 bits per heavy atom. The van der Waals surface area contributed by atoms with E-state index >= 15 is 28.8 Å². The number of aliphatic carboxylic acids is 1. The summed E-state index contributed by atoms with van der Waals surface area (Å²) in [4.78, 5) is 179. The van der Waals surface area contributed by atoms with Gasteiger partial charge in [-0.3, -0.25) is 57.9 Å². The van der Waals surface area contributed by atoms with Crippen molar-refractivity contribution in [1.82, 2.24) is 63.1 Å². The average Bonchev–Trinajstić information content (AvgIpc) is 0.963. The van der Waals surface area contributed by atoms with E-state index in [2.05, 4.69) is 58.5 Å². The number of para-hydroxylation sites is 1. The first-order valence-electron chi connectivity index (χ1n) is 44.0. The van der Waals surface area contributed by atoms with Gasteiger partial charge in [-0.05, 0) is 130 Å². The zero-order chi connectivity index (χ0) is 95.3. The van der Waals surface area contributed by atoms with Crippen molar-refractivity contribution in [2.75, 3.05) is 13.1 Å². The van der Waals surface area contributed by atoms with Gasteiger partial charge in [-0.25, -0.2) is 9.59 Å². The van der Waals surface area contributed by atoms with Gasteiger partial charge >= 0.3 is 12.1 Å². The highest BCUT2D eigenvalue weighted by atomic mass is 16.6. The summed E-state index contributed by atoms with van der Waals surface area (Å²) in [6.45, 7) is 14.5. The summed E-state index contributed by atoms with van der Waals surface area (Å²) in [5.74, 6) is -11.3. The molecule has 692 valence electrons. The molecule has 9 aromatic carbocycles. The topological polar surface area (TPSA) is 457 Å². The number of ether oxygens (including phenoxy) is 2. The largest absolute Gasteiger partial charge is 0.480 e. The van der Waals surface area contributed by atoms with Gasteiger partial charge in [0, 0.05) is 37.4 Å². The Balaban J connectivity index is 0.991. The second kappa shape index (κ2) is 46.6. The standard InChI is InChI=1S/C102H119N15O15/c1-65(2)57-79(92(124)109-78(54-36-56-106-97(104)105)91(123)113-83(96(128)129)59-68-39-20-11-21-40-68)108-87(120)63-107-90(122)80(58-67-37-18-10-19-38-67)112-95(127)88(66(3)131-99(4,5)6)114-94(126)82(62-86(119)116-102(73-47-28-15-29-48-73,74-49-30-16-31-50-74)75-51-32-17-33-52-75)111-93(125)81(60-69-64-117(98(130)132-100(7,8)9)84-55-35-34-53-76(69)84)110-89(121)77(103)61-85(118)115-101(70-41-22-12-23-42-70,71-43-24-13-25-44-71)72-45-26-14-27-46-72/h10-35,37-53,55,64-66,77-83,88H,36,54,56-63,103H2,1-9H3,(H,107,122)(H,108,120)(H,109,124)(H,110,121)(H,111,125)(H,112,127)(H,113,123)(H,114,126)(H,115,118)(H,116,119)(H,128,129)(H4,104,105,106)/t66-,77+,78+,79+,80+,81+,82+,83+,88+/m1/s1. The summed E-state index contributed by atoms with van der Waals surface area (Å²) in [6.07, 6.45) is -2.87. The molecule has 0 saturated carbocycles. The predicted molar refractivity (Wildman–Crippen MR) is 503 cm³/mol. The van der Waals surface area contributed by atoms with Gasteiger partial charge in [0.1, 0.15) is 59.0 Å². The minimum atomic E-state index is -2.02. The van der Waals surface area contributed by atoms with Crippen LogP contribution in [0.4, 0.5) is 4.79 Å². The third-order valence-electron chi connectivity index (χ3n) is 21.9. The second-order valence-corrected chi connectivity index (χ2v) is 34.9. The van der Waals surface area contributed by atoms with Crippen LogP contribution in [0.25, 0.3) is 10.9 Å². The maximum Gasteiger partial charge on any atom is 0.419 e. The molecule has 10 rings (SSSR count). The van der Waals surface area contributed by atoms with Crippen LogP contribution in [0.3, 0.4) is 0 Å². The van der Waals surface area contributed by atoms with Gasteiger partial charge < -0.3 is 84.5 Å². The highest BCUT2D eigenvalue weighted by molar-refractivity contribution is 6.01. The third kappa shape index (κ3) is 27.9. The molecule has 0 aliphatic rings. The van der Waals surface area contributed by atoms with Crippen LogP contribution in [0.2, 0.25) is 0 Å². The summed E-state index contributed by atoms with van der Waals surface area (Å²) >= 11 is 0. The second-order valence-electron chi connectivity index (χ2n) is 34.9. The number of nitrogens with one attached hydrogen (secondary N) is 12. The molecular weight excluding hydrogens is 1680 g/mol. The molecule has 0 unspecified atom stereocenters. The maximum absolute atomic E-state index is 16.2. The molecule has 10 amide bonds. The number of carboxylic acids is 1. The lowest BCUT2D eigenvalue weighted by molar-refractivity contribution is -0.142. The van der Waals surface area contributed by atoms with Crippen LogP contribution in [-0.4, -0.2) is 165 Å². The number of nitrogens with zero attached hydrogens (tertiary/aromatic N) is 1. The van der Waals surface area contributed by atoms with E-state index in [1.54, 1.807) is 177 Å². The first-order valence-corrected chi connectivity index (χ1v) is 44.0. The van der Waals surface area contributed by atoms with Gasteiger partial charge in [-0.15, -0.1) is 0 Å². The molecule has 0 fully saturated rings. The van der Waals surface area contributed by atoms with Gasteiger partial charge in [-0.2, -0.15) is 0 Å². The molecule has 0 aliphatic heterocycles. The highest BCUT2D eigenvalue weighted by Crippen LogP contribution is 2.39. The fourth-order valence-electron chi connectivity index (χ4n) is 15.9. The monoisotopic (exact) mass is 1790 g/mol. The van der Waals surface area contributed by atoms with E-state index in [4.69, 9.17) is 26.4 Å². The molecule has 17 N–H and O–H groups in total. The quantitative estimate of drug-likeness (QED) is 0.00733. The zero-order valence-electron chi connectivity index (χ0n) is 75.6. The first-order chi connectivity index (χ1) is 63.0. The highest BCUT2D eigenvalue weighted by Gasteiger charge is 2.44. The number of nitrogens with two attached hydrogens (primary N) is 2. The summed E-state index contributed by atoms with van der Waals surface area (Å²) in [5, 5.41) is 49.0. The van der Waals surface area contributed by atoms with Gasteiger partial charge in [0.05, 0.1) is 42.6 Å². The predicted octanol–water partition coefficient (Wildman–Crippen LogP) is 8.88. The van der Waals surface area contributed by atoms with E-state index in [0.717, 1.165) is 0 Å². The molecule has 0 spiro atoms. The lowest BCUT2D eigenvalue weighted by Crippen LogP contribution is -2.63. The van der Waals surface area contributed by atoms with E-state index in [1.165, 1.54) is 17.7 Å². The number of rotatable bonds is 43. The number of hydrogen-bond acceptors (Lipinski definition) is 16. The third-order valence-corrected chi connectivity index (χ3v) is 21.9. The molecule has 9 atom stereocenters. The average molecular weight is 1800 g/mol. The number of benzene rings is 9. The number of carboxylic acid groups (broad SMARTS) is 1. The van der Waals surface area contributed by atoms with Crippen molar-refractivity contribution in [3.63, 3.8) is 0 Å².